The van der Waals surface area contributed by atoms with Crippen LogP contribution < -0.4 is 21.5 Å². The molecule has 2 aliphatic heterocycles. The molecular weight excluding hydrogens is 481 g/mol. The van der Waals surface area contributed by atoms with Crippen molar-refractivity contribution < 1.29 is 9.18 Å². The van der Waals surface area contributed by atoms with E-state index in [9.17, 15) is 9.18 Å². The number of anilines is 1. The number of fused-ring (bicyclic) bond motifs is 2. The molecule has 0 spiro atoms. The number of aromatic nitrogens is 3. The van der Waals surface area contributed by atoms with Gasteiger partial charge in [0.15, 0.2) is 0 Å². The maximum atomic E-state index is 13.5. The zero-order valence-electron chi connectivity index (χ0n) is 20.9. The predicted octanol–water partition coefficient (Wildman–Crippen LogP) is 4.37. The lowest BCUT2D eigenvalue weighted by atomic mass is 9.82. The third-order valence-corrected chi connectivity index (χ3v) is 8.35. The number of pyridine rings is 1. The van der Waals surface area contributed by atoms with E-state index in [1.54, 1.807) is 18.3 Å². The second-order valence-electron chi connectivity index (χ2n) is 10.7. The number of carbonyl (C=O) groups excluding carboxylic acids is 1. The molecule has 5 N–H and O–H groups in total. The Morgan fingerprint density at radius 1 is 1.05 bits per heavy atom. The summed E-state index contributed by atoms with van der Waals surface area (Å²) in [7, 11) is 0. The summed E-state index contributed by atoms with van der Waals surface area (Å²) in [5.74, 6) is 1.16. The smallest absolute Gasteiger partial charge is 0.227 e. The van der Waals surface area contributed by atoms with E-state index in [2.05, 4.69) is 31.5 Å². The first-order valence-corrected chi connectivity index (χ1v) is 13.4. The number of hydrazine groups is 1. The Morgan fingerprint density at radius 3 is 2.74 bits per heavy atom. The number of amides is 1. The fourth-order valence-corrected chi connectivity index (χ4v) is 5.99. The van der Waals surface area contributed by atoms with Crippen molar-refractivity contribution in [3.8, 4) is 11.1 Å². The summed E-state index contributed by atoms with van der Waals surface area (Å²) in [6.07, 6.45) is 7.58. The molecule has 1 amide bonds. The minimum absolute atomic E-state index is 0.00697. The van der Waals surface area contributed by atoms with Crippen LogP contribution >= 0.6 is 0 Å². The van der Waals surface area contributed by atoms with Crippen molar-refractivity contribution in [2.24, 2.45) is 11.8 Å². The highest BCUT2D eigenvalue weighted by Crippen LogP contribution is 2.39. The zero-order chi connectivity index (χ0) is 25.6. The van der Waals surface area contributed by atoms with Crippen LogP contribution in [-0.4, -0.2) is 33.4 Å². The van der Waals surface area contributed by atoms with Crippen LogP contribution in [-0.2, 0) is 4.79 Å². The van der Waals surface area contributed by atoms with E-state index in [1.807, 2.05) is 30.5 Å². The molecule has 4 aromatic rings. The molecule has 2 aromatic heterocycles. The third-order valence-electron chi connectivity index (χ3n) is 8.35. The number of carbonyl (C=O) groups is 1. The molecule has 0 radical (unpaired) electrons. The predicted molar refractivity (Wildman–Crippen MR) is 143 cm³/mol. The van der Waals surface area contributed by atoms with E-state index < -0.39 is 0 Å². The van der Waals surface area contributed by atoms with E-state index in [0.717, 1.165) is 71.5 Å². The molecule has 8 nitrogen and oxygen atoms in total. The summed E-state index contributed by atoms with van der Waals surface area (Å²) in [6, 6.07) is 15.0. The molecule has 4 heterocycles. The van der Waals surface area contributed by atoms with Gasteiger partial charge in [0.05, 0.1) is 29.0 Å². The fraction of sp³-hybridized carbons (Fsp3) is 0.345. The Morgan fingerprint density at radius 2 is 1.92 bits per heavy atom. The van der Waals surface area contributed by atoms with Gasteiger partial charge in [-0.1, -0.05) is 30.7 Å². The zero-order valence-corrected chi connectivity index (χ0v) is 20.9. The van der Waals surface area contributed by atoms with Crippen LogP contribution in [0, 0.1) is 17.7 Å². The van der Waals surface area contributed by atoms with Crippen molar-refractivity contribution in [2.45, 2.75) is 43.8 Å². The van der Waals surface area contributed by atoms with Gasteiger partial charge in [-0.2, -0.15) is 0 Å². The topological polar surface area (TPSA) is 107 Å². The van der Waals surface area contributed by atoms with E-state index in [0.29, 0.717) is 5.92 Å². The van der Waals surface area contributed by atoms with Crippen molar-refractivity contribution in [3.05, 3.63) is 78.1 Å². The first-order chi connectivity index (χ1) is 18.6. The molecule has 4 unspecified atom stereocenters. The normalized spacial score (nSPS) is 25.2. The quantitative estimate of drug-likeness (QED) is 0.272. The summed E-state index contributed by atoms with van der Waals surface area (Å²) < 4.78 is 13.5. The third kappa shape index (κ3) is 4.26. The Balaban J connectivity index is 1.12. The molecule has 194 valence electrons. The highest BCUT2D eigenvalue weighted by molar-refractivity contribution is 5.93. The molecule has 38 heavy (non-hydrogen) atoms. The van der Waals surface area contributed by atoms with Gasteiger partial charge < -0.3 is 15.6 Å². The fourth-order valence-electron chi connectivity index (χ4n) is 5.99. The molecule has 3 aliphatic rings. The molecular formula is C29H30FN7O. The highest BCUT2D eigenvalue weighted by Gasteiger charge is 2.42. The Hall–Kier alpha value is -3.66. The standard InChI is InChI=1S/C29H30FN7O/c30-19-9-7-16(8-10-19)21-5-2-6-23-26(21)35-28(34-23)27-22-12-24(32-15-25(22)36-37-27)18-11-20(14-31-13-18)33-29(38)17-3-1-4-17/h2,5-11,13-14,17,22,24-25,27,32,36-37H,1,3-4,12,15H2,(H,33,38)(H,34,35). The maximum Gasteiger partial charge on any atom is 0.227 e. The van der Waals surface area contributed by atoms with Crippen molar-refractivity contribution in [3.63, 3.8) is 0 Å². The molecule has 4 atom stereocenters. The number of piperidine rings is 1. The molecule has 1 saturated carbocycles. The number of nitrogens with zero attached hydrogens (tertiary/aromatic N) is 2. The number of halogens is 1. The van der Waals surface area contributed by atoms with Gasteiger partial charge in [-0.05, 0) is 54.7 Å². The lowest BCUT2D eigenvalue weighted by molar-refractivity contribution is -0.122. The number of nitrogens with one attached hydrogen (secondary N) is 5. The molecule has 9 heteroatoms. The molecule has 2 saturated heterocycles. The number of imidazole rings is 1. The molecule has 2 aromatic carbocycles. The van der Waals surface area contributed by atoms with E-state index >= 15 is 0 Å². The number of para-hydroxylation sites is 1. The lowest BCUT2D eigenvalue weighted by Gasteiger charge is -2.34. The average molecular weight is 512 g/mol. The number of benzene rings is 2. The Labute approximate surface area is 219 Å². The summed E-state index contributed by atoms with van der Waals surface area (Å²) in [5, 5.41) is 6.70. The average Bonchev–Trinajstić information content (AvgIpc) is 3.52. The first-order valence-electron chi connectivity index (χ1n) is 13.4. The second-order valence-corrected chi connectivity index (χ2v) is 10.7. The van der Waals surface area contributed by atoms with Crippen LogP contribution in [0.1, 0.15) is 49.2 Å². The Bertz CT molecular complexity index is 1480. The summed E-state index contributed by atoms with van der Waals surface area (Å²) in [4.78, 5) is 25.4. The SMILES string of the molecule is O=C(Nc1cncc(C2CC3C(CN2)NNC3c2nc3c(-c4ccc(F)cc4)cccc3[nH]2)c1)C1CCC1. The van der Waals surface area contributed by atoms with Crippen molar-refractivity contribution in [2.75, 3.05) is 11.9 Å². The minimum atomic E-state index is -0.252. The van der Waals surface area contributed by atoms with Gasteiger partial charge in [0, 0.05) is 42.2 Å². The van der Waals surface area contributed by atoms with Crippen LogP contribution in [0.2, 0.25) is 0 Å². The molecule has 0 bridgehead atoms. The van der Waals surface area contributed by atoms with Crippen LogP contribution in [0.5, 0.6) is 0 Å². The number of rotatable bonds is 5. The molecule has 3 fully saturated rings. The highest BCUT2D eigenvalue weighted by atomic mass is 19.1. The van der Waals surface area contributed by atoms with Crippen molar-refractivity contribution in [1.29, 1.82) is 0 Å². The monoisotopic (exact) mass is 511 g/mol. The van der Waals surface area contributed by atoms with E-state index in [4.69, 9.17) is 4.98 Å². The van der Waals surface area contributed by atoms with Crippen molar-refractivity contribution >= 4 is 22.6 Å². The summed E-state index contributed by atoms with van der Waals surface area (Å²) in [6.45, 7) is 0.804. The van der Waals surface area contributed by atoms with Gasteiger partial charge in [0.2, 0.25) is 5.91 Å². The van der Waals surface area contributed by atoms with Crippen molar-refractivity contribution in [1.82, 2.24) is 31.1 Å². The number of hydrogen-bond acceptors (Lipinski definition) is 6. The minimum Gasteiger partial charge on any atom is -0.341 e. The van der Waals surface area contributed by atoms with Gasteiger partial charge in [-0.3, -0.25) is 15.2 Å². The van der Waals surface area contributed by atoms with Gasteiger partial charge in [0.25, 0.3) is 0 Å². The molecule has 1 aliphatic carbocycles. The van der Waals surface area contributed by atoms with Gasteiger partial charge in [-0.25, -0.2) is 14.8 Å². The van der Waals surface area contributed by atoms with Gasteiger partial charge >= 0.3 is 0 Å². The van der Waals surface area contributed by atoms with Crippen LogP contribution in [0.4, 0.5) is 10.1 Å². The van der Waals surface area contributed by atoms with Crippen LogP contribution in [0.3, 0.4) is 0 Å². The second kappa shape index (κ2) is 9.58. The number of aromatic amines is 1. The number of H-pyrrole nitrogens is 1. The van der Waals surface area contributed by atoms with Gasteiger partial charge in [0.1, 0.15) is 11.6 Å². The number of hydrogen-bond donors (Lipinski definition) is 5. The van der Waals surface area contributed by atoms with E-state index in [1.165, 1.54) is 12.1 Å². The summed E-state index contributed by atoms with van der Waals surface area (Å²) in [5.41, 5.74) is 12.5. The van der Waals surface area contributed by atoms with Crippen LogP contribution in [0.25, 0.3) is 22.2 Å². The lowest BCUT2D eigenvalue weighted by Crippen LogP contribution is -2.46. The van der Waals surface area contributed by atoms with Crippen LogP contribution in [0.15, 0.2) is 60.9 Å². The first kappa shape index (κ1) is 23.5. The molecule has 7 rings (SSSR count). The van der Waals surface area contributed by atoms with E-state index in [-0.39, 0.29) is 35.8 Å². The van der Waals surface area contributed by atoms with Gasteiger partial charge in [-0.15, -0.1) is 0 Å². The summed E-state index contributed by atoms with van der Waals surface area (Å²) >= 11 is 0. The maximum absolute atomic E-state index is 13.5. The largest absolute Gasteiger partial charge is 0.341 e. The Kier molecular flexibility index (Phi) is 5.91.